The summed E-state index contributed by atoms with van der Waals surface area (Å²) in [5.74, 6) is 0.0817. The zero-order valence-corrected chi connectivity index (χ0v) is 12.3. The largest absolute Gasteiger partial charge is 0.393 e. The van der Waals surface area contributed by atoms with Crippen LogP contribution in [-0.2, 0) is 6.42 Å². The van der Waals surface area contributed by atoms with Gasteiger partial charge in [0.2, 0.25) is 0 Å². The average molecular weight is 295 g/mol. The summed E-state index contributed by atoms with van der Waals surface area (Å²) >= 11 is 0. The predicted molar refractivity (Wildman–Crippen MR) is 78.5 cm³/mol. The van der Waals surface area contributed by atoms with E-state index in [2.05, 4.69) is 6.92 Å². The Labute approximate surface area is 124 Å². The first-order valence-electron chi connectivity index (χ1n) is 7.61. The van der Waals surface area contributed by atoms with Crippen molar-refractivity contribution >= 4 is 5.69 Å². The third-order valence-corrected chi connectivity index (χ3v) is 4.40. The number of aliphatic hydroxyl groups excluding tert-OH is 1. The minimum absolute atomic E-state index is 0.0664. The summed E-state index contributed by atoms with van der Waals surface area (Å²) in [7, 11) is 0. The molecule has 2 rings (SSSR count). The fourth-order valence-corrected chi connectivity index (χ4v) is 3.39. The van der Waals surface area contributed by atoms with Crippen molar-refractivity contribution < 1.29 is 14.4 Å². The molecule has 1 saturated carbocycles. The zero-order chi connectivity index (χ0) is 15.4. The van der Waals surface area contributed by atoms with E-state index in [9.17, 15) is 19.6 Å². The summed E-state index contributed by atoms with van der Waals surface area (Å²) in [5.41, 5.74) is 0.378. The van der Waals surface area contributed by atoms with E-state index in [4.69, 9.17) is 0 Å². The maximum Gasteiger partial charge on any atom is 0.272 e. The number of hydrogen-bond donors (Lipinski definition) is 1. The van der Waals surface area contributed by atoms with E-state index in [1.165, 1.54) is 12.1 Å². The molecule has 116 valence electrons. The van der Waals surface area contributed by atoms with E-state index in [0.717, 1.165) is 38.2 Å². The minimum Gasteiger partial charge on any atom is -0.393 e. The second-order valence-electron chi connectivity index (χ2n) is 6.07. The van der Waals surface area contributed by atoms with E-state index >= 15 is 0 Å². The van der Waals surface area contributed by atoms with Gasteiger partial charge in [0.25, 0.3) is 5.69 Å². The van der Waals surface area contributed by atoms with Gasteiger partial charge in [0.15, 0.2) is 0 Å². The lowest BCUT2D eigenvalue weighted by Gasteiger charge is -2.33. The van der Waals surface area contributed by atoms with Crippen LogP contribution in [0.1, 0.15) is 44.6 Å². The van der Waals surface area contributed by atoms with Crippen molar-refractivity contribution in [2.45, 2.75) is 51.6 Å². The van der Waals surface area contributed by atoms with E-state index in [1.54, 1.807) is 0 Å². The van der Waals surface area contributed by atoms with E-state index in [0.29, 0.717) is 17.9 Å². The number of non-ortho nitro benzene ring substituents is 1. The first-order chi connectivity index (χ1) is 9.99. The molecule has 0 bridgehead atoms. The highest BCUT2D eigenvalue weighted by molar-refractivity contribution is 5.35. The number of nitrogens with zero attached hydrogens (tertiary/aromatic N) is 1. The van der Waals surface area contributed by atoms with Gasteiger partial charge in [-0.1, -0.05) is 19.8 Å². The molecule has 0 spiro atoms. The van der Waals surface area contributed by atoms with Crippen LogP contribution < -0.4 is 0 Å². The highest BCUT2D eigenvalue weighted by Gasteiger charge is 2.29. The maximum atomic E-state index is 13.5. The summed E-state index contributed by atoms with van der Waals surface area (Å²) in [6.45, 7) is 2.15. The van der Waals surface area contributed by atoms with Crippen LogP contribution in [0.5, 0.6) is 0 Å². The Morgan fingerprint density at radius 1 is 1.38 bits per heavy atom. The number of hydrogen-bond acceptors (Lipinski definition) is 3. The molecule has 3 atom stereocenters. The molecule has 4 nitrogen and oxygen atoms in total. The van der Waals surface area contributed by atoms with Crippen molar-refractivity contribution in [1.29, 1.82) is 0 Å². The number of halogens is 1. The standard InChI is InChI=1S/C16H22FNO3/c1-2-3-11-4-5-16(19)13(6-11)7-12-8-14(17)10-15(9-12)18(20)21/h8-11,13,16,19H,2-7H2,1H3. The molecule has 1 fully saturated rings. The number of nitro groups is 1. The van der Waals surface area contributed by atoms with Crippen LogP contribution >= 0.6 is 0 Å². The van der Waals surface area contributed by atoms with Crippen molar-refractivity contribution in [2.75, 3.05) is 0 Å². The highest BCUT2D eigenvalue weighted by Crippen LogP contribution is 2.34. The molecule has 5 heteroatoms. The van der Waals surface area contributed by atoms with E-state index in [1.807, 2.05) is 0 Å². The molecule has 0 radical (unpaired) electrons. The fourth-order valence-electron chi connectivity index (χ4n) is 3.39. The molecule has 1 aromatic carbocycles. The van der Waals surface area contributed by atoms with Crippen molar-refractivity contribution in [3.63, 3.8) is 0 Å². The van der Waals surface area contributed by atoms with Crippen molar-refractivity contribution in [3.05, 3.63) is 39.7 Å². The van der Waals surface area contributed by atoms with Gasteiger partial charge >= 0.3 is 0 Å². The highest BCUT2D eigenvalue weighted by atomic mass is 19.1. The van der Waals surface area contributed by atoms with Crippen LogP contribution in [-0.4, -0.2) is 16.1 Å². The van der Waals surface area contributed by atoms with Gasteiger partial charge in [-0.3, -0.25) is 10.1 Å². The Balaban J connectivity index is 2.10. The topological polar surface area (TPSA) is 63.4 Å². The van der Waals surface area contributed by atoms with Gasteiger partial charge < -0.3 is 5.11 Å². The fraction of sp³-hybridized carbons (Fsp3) is 0.625. The second kappa shape index (κ2) is 6.98. The molecule has 3 unspecified atom stereocenters. The minimum atomic E-state index is -0.588. The van der Waals surface area contributed by atoms with Gasteiger partial charge in [0, 0.05) is 6.07 Å². The first-order valence-corrected chi connectivity index (χ1v) is 7.61. The Kier molecular flexibility index (Phi) is 5.28. The molecule has 1 aliphatic rings. The Morgan fingerprint density at radius 3 is 2.81 bits per heavy atom. The molecular weight excluding hydrogens is 273 g/mol. The van der Waals surface area contributed by atoms with Crippen LogP contribution in [0.25, 0.3) is 0 Å². The van der Waals surface area contributed by atoms with Gasteiger partial charge in [-0.2, -0.15) is 0 Å². The van der Waals surface area contributed by atoms with Crippen LogP contribution in [0, 0.1) is 27.8 Å². The van der Waals surface area contributed by atoms with Crippen molar-refractivity contribution in [2.24, 2.45) is 11.8 Å². The third-order valence-electron chi connectivity index (χ3n) is 4.40. The number of nitro benzene ring substituents is 1. The molecular formula is C16H22FNO3. The lowest BCUT2D eigenvalue weighted by Crippen LogP contribution is -2.30. The van der Waals surface area contributed by atoms with Gasteiger partial charge in [-0.25, -0.2) is 4.39 Å². The van der Waals surface area contributed by atoms with Gasteiger partial charge in [-0.15, -0.1) is 0 Å². The lowest BCUT2D eigenvalue weighted by atomic mass is 9.75. The van der Waals surface area contributed by atoms with Crippen molar-refractivity contribution in [1.82, 2.24) is 0 Å². The Hall–Kier alpha value is -1.49. The van der Waals surface area contributed by atoms with Gasteiger partial charge in [0.1, 0.15) is 5.82 Å². The summed E-state index contributed by atoms with van der Waals surface area (Å²) in [6.07, 6.45) is 5.10. The van der Waals surface area contributed by atoms with E-state index in [-0.39, 0.29) is 17.7 Å². The molecule has 1 aromatic rings. The van der Waals surface area contributed by atoms with E-state index < -0.39 is 10.7 Å². The molecule has 0 aliphatic heterocycles. The quantitative estimate of drug-likeness (QED) is 0.663. The van der Waals surface area contributed by atoms with Crippen molar-refractivity contribution in [3.8, 4) is 0 Å². The molecule has 0 saturated heterocycles. The zero-order valence-electron chi connectivity index (χ0n) is 12.3. The molecule has 0 amide bonds. The molecule has 21 heavy (non-hydrogen) atoms. The smallest absolute Gasteiger partial charge is 0.272 e. The predicted octanol–water partition coefficient (Wildman–Crippen LogP) is 3.85. The van der Waals surface area contributed by atoms with Crippen LogP contribution in [0.15, 0.2) is 18.2 Å². The third kappa shape index (κ3) is 4.24. The first kappa shape index (κ1) is 15.9. The van der Waals surface area contributed by atoms with Crippen LogP contribution in [0.2, 0.25) is 0 Å². The summed E-state index contributed by atoms with van der Waals surface area (Å²) in [5, 5.41) is 20.9. The van der Waals surface area contributed by atoms with Crippen LogP contribution in [0.4, 0.5) is 10.1 Å². The summed E-state index contributed by atoms with van der Waals surface area (Å²) in [4.78, 5) is 10.2. The second-order valence-corrected chi connectivity index (χ2v) is 6.07. The number of benzene rings is 1. The number of rotatable bonds is 5. The van der Waals surface area contributed by atoms with Crippen LogP contribution in [0.3, 0.4) is 0 Å². The van der Waals surface area contributed by atoms with Gasteiger partial charge in [0.05, 0.1) is 17.1 Å². The monoisotopic (exact) mass is 295 g/mol. The summed E-state index contributed by atoms with van der Waals surface area (Å²) in [6, 6.07) is 3.68. The molecule has 1 aliphatic carbocycles. The lowest BCUT2D eigenvalue weighted by molar-refractivity contribution is -0.385. The molecule has 1 N–H and O–H groups in total. The molecule has 0 heterocycles. The number of aliphatic hydroxyl groups is 1. The maximum absolute atomic E-state index is 13.5. The average Bonchev–Trinajstić information content (AvgIpc) is 2.42. The SMILES string of the molecule is CCCC1CCC(O)C(Cc2cc(F)cc([N+](=O)[O-])c2)C1. The molecule has 0 aromatic heterocycles. The Morgan fingerprint density at radius 2 is 2.14 bits per heavy atom. The normalized spacial score (nSPS) is 25.8. The van der Waals surface area contributed by atoms with Gasteiger partial charge in [-0.05, 0) is 49.1 Å². The summed E-state index contributed by atoms with van der Waals surface area (Å²) < 4.78 is 13.5. The Bertz CT molecular complexity index is 506.